The van der Waals surface area contributed by atoms with Crippen LogP contribution in [0.4, 0.5) is 0 Å². The average Bonchev–Trinajstić information content (AvgIpc) is 2.94. The summed E-state index contributed by atoms with van der Waals surface area (Å²) in [4.78, 5) is 12.5. The highest BCUT2D eigenvalue weighted by Gasteiger charge is 2.38. The SMILES string of the molecule is CC1(C)CCCC1C(=O)Cc1ccc2c(c1)CCC2. The van der Waals surface area contributed by atoms with Crippen molar-refractivity contribution in [1.29, 1.82) is 0 Å². The van der Waals surface area contributed by atoms with Crippen LogP contribution in [0.25, 0.3) is 0 Å². The molecule has 102 valence electrons. The van der Waals surface area contributed by atoms with Crippen molar-refractivity contribution in [3.8, 4) is 0 Å². The number of Topliss-reactive ketones (excluding diaryl/α,β-unsaturated/α-hetero) is 1. The molecule has 1 aromatic rings. The maximum atomic E-state index is 12.5. The number of carbonyl (C=O) groups is 1. The second kappa shape index (κ2) is 4.77. The van der Waals surface area contributed by atoms with Gasteiger partial charge in [0.25, 0.3) is 0 Å². The lowest BCUT2D eigenvalue weighted by molar-refractivity contribution is -0.124. The highest BCUT2D eigenvalue weighted by molar-refractivity contribution is 5.84. The first kappa shape index (κ1) is 12.9. The van der Waals surface area contributed by atoms with E-state index in [0.717, 1.165) is 6.42 Å². The Labute approximate surface area is 116 Å². The predicted octanol–water partition coefficient (Wildman–Crippen LogP) is 4.11. The molecule has 0 aromatic heterocycles. The zero-order valence-corrected chi connectivity index (χ0v) is 12.2. The third kappa shape index (κ3) is 2.48. The molecule has 0 bridgehead atoms. The Bertz CT molecular complexity index is 498. The molecule has 0 spiro atoms. The number of hydrogen-bond acceptors (Lipinski definition) is 1. The summed E-state index contributed by atoms with van der Waals surface area (Å²) in [6.45, 7) is 4.51. The largest absolute Gasteiger partial charge is 0.299 e. The van der Waals surface area contributed by atoms with E-state index in [4.69, 9.17) is 0 Å². The van der Waals surface area contributed by atoms with Gasteiger partial charge in [-0.2, -0.15) is 0 Å². The minimum absolute atomic E-state index is 0.216. The van der Waals surface area contributed by atoms with Gasteiger partial charge in [-0.25, -0.2) is 0 Å². The summed E-state index contributed by atoms with van der Waals surface area (Å²) < 4.78 is 0. The third-order valence-electron chi connectivity index (χ3n) is 5.19. The number of aryl methyl sites for hydroxylation is 2. The van der Waals surface area contributed by atoms with E-state index in [9.17, 15) is 4.79 Å². The molecule has 1 atom stereocenters. The lowest BCUT2D eigenvalue weighted by atomic mass is 9.78. The van der Waals surface area contributed by atoms with Crippen LogP contribution in [0.15, 0.2) is 18.2 Å². The fraction of sp³-hybridized carbons (Fsp3) is 0.611. The summed E-state index contributed by atoms with van der Waals surface area (Å²) in [5, 5.41) is 0. The first-order chi connectivity index (χ1) is 9.06. The van der Waals surface area contributed by atoms with E-state index in [1.54, 1.807) is 0 Å². The molecular formula is C18H24O. The Morgan fingerprint density at radius 2 is 2.00 bits per heavy atom. The van der Waals surface area contributed by atoms with Crippen molar-refractivity contribution in [3.05, 3.63) is 34.9 Å². The van der Waals surface area contributed by atoms with E-state index in [-0.39, 0.29) is 11.3 Å². The predicted molar refractivity (Wildman–Crippen MR) is 78.3 cm³/mol. The van der Waals surface area contributed by atoms with Gasteiger partial charge in [-0.3, -0.25) is 4.79 Å². The molecule has 3 rings (SSSR count). The zero-order chi connectivity index (χ0) is 13.5. The number of benzene rings is 1. The molecule has 1 unspecified atom stereocenters. The Balaban J connectivity index is 1.73. The topological polar surface area (TPSA) is 17.1 Å². The van der Waals surface area contributed by atoms with Gasteiger partial charge in [0.15, 0.2) is 0 Å². The van der Waals surface area contributed by atoms with Crippen LogP contribution in [0.1, 0.15) is 56.2 Å². The van der Waals surface area contributed by atoms with Gasteiger partial charge in [0.05, 0.1) is 0 Å². The Morgan fingerprint density at radius 1 is 1.21 bits per heavy atom. The lowest BCUT2D eigenvalue weighted by Gasteiger charge is -2.25. The van der Waals surface area contributed by atoms with Crippen LogP contribution >= 0.6 is 0 Å². The van der Waals surface area contributed by atoms with Crippen molar-refractivity contribution >= 4 is 5.78 Å². The van der Waals surface area contributed by atoms with Gasteiger partial charge in [-0.05, 0) is 54.2 Å². The Morgan fingerprint density at radius 3 is 2.74 bits per heavy atom. The van der Waals surface area contributed by atoms with Crippen molar-refractivity contribution in [3.63, 3.8) is 0 Å². The molecule has 1 saturated carbocycles. The number of rotatable bonds is 3. The molecule has 0 saturated heterocycles. The van der Waals surface area contributed by atoms with Crippen LogP contribution in [0.3, 0.4) is 0 Å². The highest BCUT2D eigenvalue weighted by atomic mass is 16.1. The molecule has 1 fully saturated rings. The summed E-state index contributed by atoms with van der Waals surface area (Å²) in [7, 11) is 0. The molecule has 19 heavy (non-hydrogen) atoms. The van der Waals surface area contributed by atoms with Crippen molar-refractivity contribution in [2.24, 2.45) is 11.3 Å². The van der Waals surface area contributed by atoms with E-state index < -0.39 is 0 Å². The number of hydrogen-bond donors (Lipinski definition) is 0. The number of carbonyl (C=O) groups excluding carboxylic acids is 1. The fourth-order valence-corrected chi connectivity index (χ4v) is 3.98. The van der Waals surface area contributed by atoms with Crippen LogP contribution in [-0.2, 0) is 24.1 Å². The van der Waals surface area contributed by atoms with Gasteiger partial charge in [-0.1, -0.05) is 38.5 Å². The molecular weight excluding hydrogens is 232 g/mol. The first-order valence-corrected chi connectivity index (χ1v) is 7.70. The smallest absolute Gasteiger partial charge is 0.140 e. The Hall–Kier alpha value is -1.11. The molecule has 0 radical (unpaired) electrons. The standard InChI is InChI=1S/C18H24O/c1-18(2)10-4-7-16(18)17(19)12-13-8-9-14-5-3-6-15(14)11-13/h8-9,11,16H,3-7,10,12H2,1-2H3. The van der Waals surface area contributed by atoms with Gasteiger partial charge in [0, 0.05) is 12.3 Å². The number of fused-ring (bicyclic) bond motifs is 1. The molecule has 0 amide bonds. The monoisotopic (exact) mass is 256 g/mol. The van der Waals surface area contributed by atoms with E-state index in [2.05, 4.69) is 32.0 Å². The van der Waals surface area contributed by atoms with Gasteiger partial charge in [0.2, 0.25) is 0 Å². The van der Waals surface area contributed by atoms with Crippen molar-refractivity contribution in [2.45, 2.75) is 58.8 Å². The molecule has 0 N–H and O–H groups in total. The second-order valence-electron chi connectivity index (χ2n) is 7.03. The normalized spacial score (nSPS) is 24.4. The molecule has 0 aliphatic heterocycles. The van der Waals surface area contributed by atoms with Crippen molar-refractivity contribution < 1.29 is 4.79 Å². The molecule has 2 aliphatic carbocycles. The molecule has 1 heteroatoms. The summed E-state index contributed by atoms with van der Waals surface area (Å²) in [6, 6.07) is 6.69. The summed E-state index contributed by atoms with van der Waals surface area (Å²) in [5.41, 5.74) is 4.43. The minimum Gasteiger partial charge on any atom is -0.299 e. The van der Waals surface area contributed by atoms with Crippen molar-refractivity contribution in [2.75, 3.05) is 0 Å². The first-order valence-electron chi connectivity index (χ1n) is 7.70. The number of ketones is 1. The summed E-state index contributed by atoms with van der Waals surface area (Å²) >= 11 is 0. The van der Waals surface area contributed by atoms with Crippen LogP contribution in [0.5, 0.6) is 0 Å². The van der Waals surface area contributed by atoms with Crippen LogP contribution in [-0.4, -0.2) is 5.78 Å². The minimum atomic E-state index is 0.216. The van der Waals surface area contributed by atoms with E-state index in [0.29, 0.717) is 12.2 Å². The van der Waals surface area contributed by atoms with E-state index >= 15 is 0 Å². The third-order valence-corrected chi connectivity index (χ3v) is 5.19. The lowest BCUT2D eigenvalue weighted by Crippen LogP contribution is -2.27. The van der Waals surface area contributed by atoms with Gasteiger partial charge in [-0.15, -0.1) is 0 Å². The molecule has 1 nitrogen and oxygen atoms in total. The fourth-order valence-electron chi connectivity index (χ4n) is 3.98. The van der Waals surface area contributed by atoms with Gasteiger partial charge < -0.3 is 0 Å². The summed E-state index contributed by atoms with van der Waals surface area (Å²) in [6.07, 6.45) is 7.85. The maximum absolute atomic E-state index is 12.5. The Kier molecular flexibility index (Phi) is 3.24. The van der Waals surface area contributed by atoms with Crippen LogP contribution < -0.4 is 0 Å². The van der Waals surface area contributed by atoms with Crippen LogP contribution in [0, 0.1) is 11.3 Å². The summed E-state index contributed by atoms with van der Waals surface area (Å²) in [5.74, 6) is 0.737. The quantitative estimate of drug-likeness (QED) is 0.795. The van der Waals surface area contributed by atoms with Crippen LogP contribution in [0.2, 0.25) is 0 Å². The zero-order valence-electron chi connectivity index (χ0n) is 12.2. The van der Waals surface area contributed by atoms with Gasteiger partial charge >= 0.3 is 0 Å². The highest BCUT2D eigenvalue weighted by Crippen LogP contribution is 2.43. The molecule has 0 heterocycles. The van der Waals surface area contributed by atoms with E-state index in [1.807, 2.05) is 0 Å². The van der Waals surface area contributed by atoms with Gasteiger partial charge in [0.1, 0.15) is 5.78 Å². The van der Waals surface area contributed by atoms with Crippen molar-refractivity contribution in [1.82, 2.24) is 0 Å². The van der Waals surface area contributed by atoms with E-state index in [1.165, 1.54) is 48.8 Å². The maximum Gasteiger partial charge on any atom is 0.140 e. The molecule has 2 aliphatic rings. The second-order valence-corrected chi connectivity index (χ2v) is 7.03. The molecule has 1 aromatic carbocycles. The average molecular weight is 256 g/mol.